The van der Waals surface area contributed by atoms with Crippen molar-refractivity contribution in [3.8, 4) is 17.2 Å². The van der Waals surface area contributed by atoms with Crippen LogP contribution in [0.5, 0.6) is 17.2 Å². The van der Waals surface area contributed by atoms with E-state index >= 15 is 0 Å². The molecule has 0 radical (unpaired) electrons. The predicted octanol–water partition coefficient (Wildman–Crippen LogP) is 5.59. The molecule has 1 heterocycles. The van der Waals surface area contributed by atoms with Crippen molar-refractivity contribution in [1.82, 2.24) is 0 Å². The number of hydrogen-bond donors (Lipinski definition) is 0. The average Bonchev–Trinajstić information content (AvgIpc) is 2.59. The van der Waals surface area contributed by atoms with Gasteiger partial charge in [-0.05, 0) is 63.1 Å². The second-order valence-electron chi connectivity index (χ2n) is 7.62. The van der Waals surface area contributed by atoms with Crippen molar-refractivity contribution in [2.75, 3.05) is 4.90 Å². The summed E-state index contributed by atoms with van der Waals surface area (Å²) in [6, 6.07) is 9.84. The normalized spacial score (nSPS) is 14.2. The van der Waals surface area contributed by atoms with Crippen molar-refractivity contribution in [1.29, 1.82) is 0 Å². The lowest BCUT2D eigenvalue weighted by atomic mass is 10.0. The molecule has 0 saturated heterocycles. The Morgan fingerprint density at radius 2 is 1.63 bits per heavy atom. The molecule has 2 aromatic carbocycles. The first-order valence-electron chi connectivity index (χ1n) is 9.14. The summed E-state index contributed by atoms with van der Waals surface area (Å²) >= 11 is 0. The van der Waals surface area contributed by atoms with E-state index in [1.54, 1.807) is 32.9 Å². The molecule has 0 saturated carbocycles. The van der Waals surface area contributed by atoms with Gasteiger partial charge in [-0.1, -0.05) is 6.07 Å². The molecule has 0 unspecified atom stereocenters. The number of rotatable bonds is 3. The fraction of sp³-hybridized carbons (Fsp3) is 0.333. The molecule has 2 aromatic rings. The number of amides is 2. The minimum Gasteiger partial charge on any atom is -0.457 e. The smallest absolute Gasteiger partial charge is 0.457 e. The van der Waals surface area contributed by atoms with E-state index in [1.165, 1.54) is 18.2 Å². The van der Waals surface area contributed by atoms with Crippen molar-refractivity contribution < 1.29 is 37.0 Å². The Bertz CT molecular complexity index is 966. The summed E-state index contributed by atoms with van der Waals surface area (Å²) in [6.45, 7) is 5.11. The average molecular weight is 423 g/mol. The number of fused-ring (bicyclic) bond motifs is 1. The Morgan fingerprint density at radius 3 is 2.30 bits per heavy atom. The first-order chi connectivity index (χ1) is 13.9. The van der Waals surface area contributed by atoms with E-state index < -0.39 is 23.8 Å². The van der Waals surface area contributed by atoms with Crippen LogP contribution in [0.15, 0.2) is 42.5 Å². The molecule has 0 N–H and O–H groups in total. The highest BCUT2D eigenvalue weighted by molar-refractivity contribution is 6.14. The molecule has 0 aromatic heterocycles. The minimum atomic E-state index is -4.80. The maximum Gasteiger partial charge on any atom is 0.573 e. The van der Waals surface area contributed by atoms with Crippen LogP contribution in [0.25, 0.3) is 0 Å². The van der Waals surface area contributed by atoms with Gasteiger partial charge in [0.25, 0.3) is 0 Å². The molecular formula is C21H20F3NO5. The van der Waals surface area contributed by atoms with E-state index in [0.29, 0.717) is 23.4 Å². The van der Waals surface area contributed by atoms with Gasteiger partial charge in [-0.3, -0.25) is 4.79 Å². The molecule has 3 rings (SSSR count). The molecule has 1 aliphatic heterocycles. The highest BCUT2D eigenvalue weighted by Gasteiger charge is 2.33. The Hall–Kier alpha value is -3.23. The molecule has 0 spiro atoms. The Labute approximate surface area is 171 Å². The van der Waals surface area contributed by atoms with Crippen LogP contribution in [0.4, 0.5) is 23.7 Å². The molecule has 9 heteroatoms. The predicted molar refractivity (Wildman–Crippen MR) is 102 cm³/mol. The second kappa shape index (κ2) is 7.89. The summed E-state index contributed by atoms with van der Waals surface area (Å²) in [4.78, 5) is 25.8. The maximum absolute atomic E-state index is 12.5. The van der Waals surface area contributed by atoms with Gasteiger partial charge in [-0.2, -0.15) is 0 Å². The number of aryl methyl sites for hydroxylation is 1. The highest BCUT2D eigenvalue weighted by Crippen LogP contribution is 2.35. The monoisotopic (exact) mass is 423 g/mol. The van der Waals surface area contributed by atoms with E-state index in [0.717, 1.165) is 17.0 Å². The zero-order valence-electron chi connectivity index (χ0n) is 16.6. The van der Waals surface area contributed by atoms with Gasteiger partial charge in [0, 0.05) is 12.5 Å². The first-order valence-corrected chi connectivity index (χ1v) is 9.14. The number of anilines is 1. The third kappa shape index (κ3) is 5.43. The second-order valence-corrected chi connectivity index (χ2v) is 7.62. The maximum atomic E-state index is 12.5. The van der Waals surface area contributed by atoms with Crippen molar-refractivity contribution in [2.24, 2.45) is 0 Å². The quantitative estimate of drug-likeness (QED) is 0.644. The number of nitrogens with zero attached hydrogens (tertiary/aromatic N) is 1. The third-order valence-corrected chi connectivity index (χ3v) is 4.00. The Morgan fingerprint density at radius 1 is 0.967 bits per heavy atom. The van der Waals surface area contributed by atoms with Crippen LogP contribution in [-0.2, 0) is 16.0 Å². The van der Waals surface area contributed by atoms with Gasteiger partial charge in [0.1, 0.15) is 22.8 Å². The van der Waals surface area contributed by atoms with Crippen LogP contribution in [0.3, 0.4) is 0 Å². The topological polar surface area (TPSA) is 65.1 Å². The van der Waals surface area contributed by atoms with Crippen molar-refractivity contribution in [3.63, 3.8) is 0 Å². The van der Waals surface area contributed by atoms with Crippen LogP contribution in [-0.4, -0.2) is 24.0 Å². The summed E-state index contributed by atoms with van der Waals surface area (Å²) in [5.74, 6) is -0.286. The number of carbonyl (C=O) groups excluding carboxylic acids is 2. The zero-order valence-corrected chi connectivity index (χ0v) is 16.6. The molecule has 0 fully saturated rings. The van der Waals surface area contributed by atoms with Crippen molar-refractivity contribution >= 4 is 17.7 Å². The lowest BCUT2D eigenvalue weighted by Crippen LogP contribution is -2.43. The lowest BCUT2D eigenvalue weighted by molar-refractivity contribution is -0.274. The van der Waals surface area contributed by atoms with Crippen LogP contribution >= 0.6 is 0 Å². The van der Waals surface area contributed by atoms with Gasteiger partial charge in [0.05, 0.1) is 5.69 Å². The van der Waals surface area contributed by atoms with E-state index in [-0.39, 0.29) is 18.1 Å². The molecule has 30 heavy (non-hydrogen) atoms. The van der Waals surface area contributed by atoms with E-state index in [2.05, 4.69) is 4.74 Å². The SMILES string of the molecule is CC(C)(C)OC(=O)N1C(=O)CCc2cc(Oc3cccc(OC(F)(F)F)c3)ccc21. The van der Waals surface area contributed by atoms with Gasteiger partial charge >= 0.3 is 12.5 Å². The number of benzene rings is 2. The van der Waals surface area contributed by atoms with Crippen molar-refractivity contribution in [3.05, 3.63) is 48.0 Å². The number of alkyl halides is 3. The lowest BCUT2D eigenvalue weighted by Gasteiger charge is -2.30. The number of ether oxygens (including phenoxy) is 3. The molecule has 2 amide bonds. The summed E-state index contributed by atoms with van der Waals surface area (Å²) < 4.78 is 52.0. The largest absolute Gasteiger partial charge is 0.573 e. The molecular weight excluding hydrogens is 403 g/mol. The van der Waals surface area contributed by atoms with Gasteiger partial charge in [-0.15, -0.1) is 13.2 Å². The molecule has 6 nitrogen and oxygen atoms in total. The van der Waals surface area contributed by atoms with Crippen molar-refractivity contribution in [2.45, 2.75) is 45.6 Å². The fourth-order valence-electron chi connectivity index (χ4n) is 2.91. The van der Waals surface area contributed by atoms with Crippen LogP contribution in [0.1, 0.15) is 32.8 Å². The van der Waals surface area contributed by atoms with Gasteiger partial charge in [0.15, 0.2) is 0 Å². The number of imide groups is 1. The fourth-order valence-corrected chi connectivity index (χ4v) is 2.91. The third-order valence-electron chi connectivity index (χ3n) is 4.00. The molecule has 0 aliphatic carbocycles. The van der Waals surface area contributed by atoms with Crippen LogP contribution in [0.2, 0.25) is 0 Å². The highest BCUT2D eigenvalue weighted by atomic mass is 19.4. The summed E-state index contributed by atoms with van der Waals surface area (Å²) in [5.41, 5.74) is 0.310. The summed E-state index contributed by atoms with van der Waals surface area (Å²) in [5, 5.41) is 0. The van der Waals surface area contributed by atoms with E-state index in [1.807, 2.05) is 0 Å². The molecule has 0 bridgehead atoms. The summed E-state index contributed by atoms with van der Waals surface area (Å²) in [7, 11) is 0. The van der Waals surface area contributed by atoms with Gasteiger partial charge in [0.2, 0.25) is 5.91 Å². The van der Waals surface area contributed by atoms with E-state index in [9.17, 15) is 22.8 Å². The molecule has 0 atom stereocenters. The number of halogens is 3. The Kier molecular flexibility index (Phi) is 5.65. The summed E-state index contributed by atoms with van der Waals surface area (Å²) in [6.07, 6.45) is -5.06. The van der Waals surface area contributed by atoms with Gasteiger partial charge < -0.3 is 14.2 Å². The van der Waals surface area contributed by atoms with Crippen LogP contribution < -0.4 is 14.4 Å². The minimum absolute atomic E-state index is 0.116. The number of carbonyl (C=O) groups is 2. The van der Waals surface area contributed by atoms with Gasteiger partial charge in [-0.25, -0.2) is 9.69 Å². The standard InChI is InChI=1S/C21H20F3NO5/c1-20(2,3)30-19(27)25-17-9-8-15(11-13(17)7-10-18(25)26)28-14-5-4-6-16(12-14)29-21(22,23)24/h4-6,8-9,11-12H,7,10H2,1-3H3. The number of hydrogen-bond acceptors (Lipinski definition) is 5. The van der Waals surface area contributed by atoms with Crippen LogP contribution in [0, 0.1) is 0 Å². The zero-order chi connectivity index (χ0) is 22.1. The molecule has 160 valence electrons. The Balaban J connectivity index is 1.82. The first kappa shape index (κ1) is 21.5. The van der Waals surface area contributed by atoms with E-state index in [4.69, 9.17) is 9.47 Å². The molecule has 1 aliphatic rings.